The molecule has 1 unspecified atom stereocenters. The minimum atomic E-state index is -0.645. The van der Waals surface area contributed by atoms with Crippen molar-refractivity contribution in [2.24, 2.45) is 11.0 Å². The zero-order valence-electron chi connectivity index (χ0n) is 11.4. The second kappa shape index (κ2) is 6.15. The van der Waals surface area contributed by atoms with E-state index in [1.54, 1.807) is 6.07 Å². The third-order valence-corrected chi connectivity index (χ3v) is 3.31. The number of hydrogen-bond acceptors (Lipinski definition) is 5. The smallest absolute Gasteiger partial charge is 0.341 e. The second-order valence-electron chi connectivity index (χ2n) is 4.68. The molecule has 8 heteroatoms. The van der Waals surface area contributed by atoms with Crippen molar-refractivity contribution in [3.63, 3.8) is 0 Å². The number of esters is 1. The Bertz CT molecular complexity index is 625. The first-order valence-electron chi connectivity index (χ1n) is 6.29. The van der Waals surface area contributed by atoms with Gasteiger partial charge in [-0.2, -0.15) is 0 Å². The predicted octanol–water partition coefficient (Wildman–Crippen LogP) is 1.84. The summed E-state index contributed by atoms with van der Waals surface area (Å²) in [5, 5.41) is 13.3. The SMILES string of the molecule is COC(=O)c1ccc(N2CC(CN=[N+]=[N-])CC2=O)cc1O. The van der Waals surface area contributed by atoms with Crippen molar-refractivity contribution in [2.45, 2.75) is 6.42 Å². The fourth-order valence-electron chi connectivity index (χ4n) is 2.28. The van der Waals surface area contributed by atoms with Gasteiger partial charge in [0.15, 0.2) is 0 Å². The molecule has 2 rings (SSSR count). The number of rotatable bonds is 4. The molecule has 1 aromatic carbocycles. The predicted molar refractivity (Wildman–Crippen MR) is 73.9 cm³/mol. The molecule has 0 aliphatic carbocycles. The van der Waals surface area contributed by atoms with Crippen LogP contribution >= 0.6 is 0 Å². The standard InChI is InChI=1S/C13H14N4O4/c1-21-13(20)10-3-2-9(5-11(10)18)17-7-8(4-12(17)19)6-15-16-14/h2-3,5,8,18H,4,6-7H2,1H3. The summed E-state index contributed by atoms with van der Waals surface area (Å²) in [5.74, 6) is -1.05. The normalized spacial score (nSPS) is 17.5. The number of azide groups is 1. The molecule has 1 atom stereocenters. The first-order valence-corrected chi connectivity index (χ1v) is 6.29. The van der Waals surface area contributed by atoms with Crippen LogP contribution in [0.5, 0.6) is 5.75 Å². The summed E-state index contributed by atoms with van der Waals surface area (Å²) in [6.45, 7) is 0.666. The lowest BCUT2D eigenvalue weighted by molar-refractivity contribution is -0.117. The second-order valence-corrected chi connectivity index (χ2v) is 4.68. The molecule has 8 nitrogen and oxygen atoms in total. The summed E-state index contributed by atoms with van der Waals surface area (Å²) in [5.41, 5.74) is 8.84. The van der Waals surface area contributed by atoms with Gasteiger partial charge in [0.25, 0.3) is 0 Å². The number of benzene rings is 1. The Morgan fingerprint density at radius 1 is 1.62 bits per heavy atom. The average Bonchev–Trinajstić information content (AvgIpc) is 2.85. The molecular weight excluding hydrogens is 276 g/mol. The number of hydrogen-bond donors (Lipinski definition) is 1. The molecule has 1 amide bonds. The maximum Gasteiger partial charge on any atom is 0.341 e. The van der Waals surface area contributed by atoms with Crippen LogP contribution in [-0.2, 0) is 9.53 Å². The number of aromatic hydroxyl groups is 1. The number of carbonyl (C=O) groups excluding carboxylic acids is 2. The summed E-state index contributed by atoms with van der Waals surface area (Å²) in [4.78, 5) is 27.5. The average molecular weight is 290 g/mol. The first-order chi connectivity index (χ1) is 10.1. The van der Waals surface area contributed by atoms with Gasteiger partial charge in [0.05, 0.1) is 7.11 Å². The van der Waals surface area contributed by atoms with E-state index in [9.17, 15) is 14.7 Å². The zero-order chi connectivity index (χ0) is 15.4. The highest BCUT2D eigenvalue weighted by Gasteiger charge is 2.30. The van der Waals surface area contributed by atoms with E-state index in [1.165, 1.54) is 24.1 Å². The molecule has 1 aromatic rings. The highest BCUT2D eigenvalue weighted by Crippen LogP contribution is 2.30. The number of anilines is 1. The van der Waals surface area contributed by atoms with E-state index in [4.69, 9.17) is 5.53 Å². The molecule has 0 radical (unpaired) electrons. The summed E-state index contributed by atoms with van der Waals surface area (Å²) >= 11 is 0. The fourth-order valence-corrected chi connectivity index (χ4v) is 2.28. The van der Waals surface area contributed by atoms with Crippen molar-refractivity contribution in [1.29, 1.82) is 0 Å². The number of amides is 1. The number of ether oxygens (including phenoxy) is 1. The van der Waals surface area contributed by atoms with Crippen LogP contribution < -0.4 is 4.90 Å². The minimum absolute atomic E-state index is 0.0403. The topological polar surface area (TPSA) is 116 Å². The Labute approximate surface area is 120 Å². The van der Waals surface area contributed by atoms with Gasteiger partial charge in [-0.1, -0.05) is 5.11 Å². The minimum Gasteiger partial charge on any atom is -0.507 e. The van der Waals surface area contributed by atoms with Gasteiger partial charge in [-0.25, -0.2) is 4.79 Å². The lowest BCUT2D eigenvalue weighted by Crippen LogP contribution is -2.24. The van der Waals surface area contributed by atoms with E-state index >= 15 is 0 Å². The van der Waals surface area contributed by atoms with Crippen LogP contribution in [0.3, 0.4) is 0 Å². The summed E-state index contributed by atoms with van der Waals surface area (Å²) in [7, 11) is 1.22. The van der Waals surface area contributed by atoms with E-state index in [-0.39, 0.29) is 29.7 Å². The largest absolute Gasteiger partial charge is 0.507 e. The number of nitrogens with zero attached hydrogens (tertiary/aromatic N) is 4. The maximum atomic E-state index is 12.0. The Balaban J connectivity index is 2.19. The van der Waals surface area contributed by atoms with Gasteiger partial charge in [-0.3, -0.25) is 4.79 Å². The van der Waals surface area contributed by atoms with Gasteiger partial charge in [0, 0.05) is 36.2 Å². The van der Waals surface area contributed by atoms with Crippen molar-refractivity contribution in [1.82, 2.24) is 0 Å². The van der Waals surface area contributed by atoms with Crippen LogP contribution in [0.25, 0.3) is 10.4 Å². The van der Waals surface area contributed by atoms with Gasteiger partial charge in [0.1, 0.15) is 11.3 Å². The molecule has 0 spiro atoms. The number of phenolic OH excluding ortho intramolecular Hbond substituents is 1. The Morgan fingerprint density at radius 3 is 3.00 bits per heavy atom. The Hall–Kier alpha value is -2.73. The molecule has 0 bridgehead atoms. The molecule has 21 heavy (non-hydrogen) atoms. The molecular formula is C13H14N4O4. The highest BCUT2D eigenvalue weighted by molar-refractivity contribution is 5.98. The van der Waals surface area contributed by atoms with Gasteiger partial charge in [-0.05, 0) is 23.6 Å². The summed E-state index contributed by atoms with van der Waals surface area (Å²) < 4.78 is 4.54. The lowest BCUT2D eigenvalue weighted by Gasteiger charge is -2.17. The van der Waals surface area contributed by atoms with Gasteiger partial charge >= 0.3 is 5.97 Å². The van der Waals surface area contributed by atoms with Gasteiger partial charge in [-0.15, -0.1) is 0 Å². The van der Waals surface area contributed by atoms with Crippen LogP contribution in [0.15, 0.2) is 23.3 Å². The van der Waals surface area contributed by atoms with Crippen molar-refractivity contribution >= 4 is 17.6 Å². The van der Waals surface area contributed by atoms with Crippen LogP contribution in [0.2, 0.25) is 0 Å². The molecule has 0 aromatic heterocycles. The molecule has 1 aliphatic heterocycles. The van der Waals surface area contributed by atoms with Crippen molar-refractivity contribution in [2.75, 3.05) is 25.1 Å². The van der Waals surface area contributed by atoms with E-state index < -0.39 is 5.97 Å². The molecule has 1 N–H and O–H groups in total. The zero-order valence-corrected chi connectivity index (χ0v) is 11.4. The van der Waals surface area contributed by atoms with E-state index in [0.717, 1.165) is 0 Å². The third-order valence-electron chi connectivity index (χ3n) is 3.31. The molecule has 1 heterocycles. The van der Waals surface area contributed by atoms with E-state index in [0.29, 0.717) is 18.7 Å². The molecule has 1 fully saturated rings. The highest BCUT2D eigenvalue weighted by atomic mass is 16.5. The quantitative estimate of drug-likeness (QED) is 0.394. The van der Waals surface area contributed by atoms with Gasteiger partial charge < -0.3 is 14.7 Å². The number of phenols is 1. The van der Waals surface area contributed by atoms with Crippen LogP contribution in [0.4, 0.5) is 5.69 Å². The van der Waals surface area contributed by atoms with Gasteiger partial charge in [0.2, 0.25) is 5.91 Å². The Morgan fingerprint density at radius 2 is 2.38 bits per heavy atom. The van der Waals surface area contributed by atoms with Crippen molar-refractivity contribution < 1.29 is 19.4 Å². The maximum absolute atomic E-state index is 12.0. The first kappa shape index (κ1) is 14.7. The number of carbonyl (C=O) groups is 2. The third kappa shape index (κ3) is 3.06. The summed E-state index contributed by atoms with van der Waals surface area (Å²) in [6, 6.07) is 4.32. The van der Waals surface area contributed by atoms with Crippen molar-refractivity contribution in [3.05, 3.63) is 34.2 Å². The van der Waals surface area contributed by atoms with E-state index in [1.807, 2.05) is 0 Å². The fraction of sp³-hybridized carbons (Fsp3) is 0.385. The molecule has 110 valence electrons. The van der Waals surface area contributed by atoms with Crippen LogP contribution in [0.1, 0.15) is 16.8 Å². The molecule has 1 saturated heterocycles. The molecule has 0 saturated carbocycles. The lowest BCUT2D eigenvalue weighted by atomic mass is 10.1. The Kier molecular flexibility index (Phi) is 4.30. The number of methoxy groups -OCH3 is 1. The van der Waals surface area contributed by atoms with Crippen molar-refractivity contribution in [3.8, 4) is 5.75 Å². The summed E-state index contributed by atoms with van der Waals surface area (Å²) in [6.07, 6.45) is 0.290. The van der Waals surface area contributed by atoms with Crippen LogP contribution in [-0.4, -0.2) is 37.2 Å². The monoisotopic (exact) mass is 290 g/mol. The van der Waals surface area contributed by atoms with Crippen LogP contribution in [0, 0.1) is 5.92 Å². The molecule has 1 aliphatic rings. The van der Waals surface area contributed by atoms with E-state index in [2.05, 4.69) is 14.8 Å².